The molecule has 27 heavy (non-hydrogen) atoms. The standard InChI is InChI=1S/C20H19BrN2O4/c1-2-27-15-6-9(5-14(21)18(15)24)8-22-23-19(25)16-10-3-4-11(13-7-12(10)13)17(16)20(23)26/h3-6,8,10-13,16-17,24H,2,7H2,1H3/b22-8-/t10-,11-,12-,13+,16-,17+/m0/s1. The van der Waals surface area contributed by atoms with E-state index in [1.165, 1.54) is 6.21 Å². The average molecular weight is 431 g/mol. The van der Waals surface area contributed by atoms with E-state index in [2.05, 4.69) is 33.2 Å². The summed E-state index contributed by atoms with van der Waals surface area (Å²) in [6.07, 6.45) is 6.89. The molecule has 1 aromatic rings. The van der Waals surface area contributed by atoms with E-state index >= 15 is 0 Å². The molecule has 7 heteroatoms. The first-order valence-electron chi connectivity index (χ1n) is 9.26. The van der Waals surface area contributed by atoms with Crippen LogP contribution in [0.1, 0.15) is 18.9 Å². The zero-order valence-electron chi connectivity index (χ0n) is 14.7. The highest BCUT2D eigenvalue weighted by atomic mass is 79.9. The minimum absolute atomic E-state index is 0.00946. The number of hydrogen-bond acceptors (Lipinski definition) is 5. The summed E-state index contributed by atoms with van der Waals surface area (Å²) in [6.45, 7) is 2.23. The van der Waals surface area contributed by atoms with Crippen molar-refractivity contribution in [2.24, 2.45) is 40.6 Å². The summed E-state index contributed by atoms with van der Waals surface area (Å²) in [6, 6.07) is 3.30. The van der Waals surface area contributed by atoms with Crippen molar-refractivity contribution in [1.29, 1.82) is 0 Å². The fourth-order valence-electron chi connectivity index (χ4n) is 5.11. The van der Waals surface area contributed by atoms with Crippen LogP contribution in [0.4, 0.5) is 0 Å². The van der Waals surface area contributed by atoms with E-state index in [0.717, 1.165) is 11.4 Å². The van der Waals surface area contributed by atoms with Crippen LogP contribution in [0.5, 0.6) is 11.5 Å². The third-order valence-corrected chi connectivity index (χ3v) is 6.92. The molecule has 0 aromatic heterocycles. The lowest BCUT2D eigenvalue weighted by molar-refractivity contribution is -0.140. The number of hydrogen-bond donors (Lipinski definition) is 1. The largest absolute Gasteiger partial charge is 0.503 e. The number of carbonyl (C=O) groups is 2. The zero-order chi connectivity index (χ0) is 18.9. The molecule has 2 bridgehead atoms. The Labute approximate surface area is 165 Å². The summed E-state index contributed by atoms with van der Waals surface area (Å²) in [4.78, 5) is 25.8. The maximum Gasteiger partial charge on any atom is 0.254 e. The van der Waals surface area contributed by atoms with Crippen molar-refractivity contribution in [2.45, 2.75) is 13.3 Å². The normalized spacial score (nSPS) is 35.7. The minimum atomic E-state index is -0.251. The summed E-state index contributed by atoms with van der Waals surface area (Å²) in [7, 11) is 0. The quantitative estimate of drug-likeness (QED) is 0.452. The number of carbonyl (C=O) groups excluding carboxylic acids is 2. The highest BCUT2D eigenvalue weighted by Crippen LogP contribution is 2.65. The van der Waals surface area contributed by atoms with E-state index in [1.807, 2.05) is 6.92 Å². The number of phenolic OH excluding ortho intramolecular Hbond substituents is 1. The molecule has 2 amide bonds. The number of ether oxygens (including phenoxy) is 1. The van der Waals surface area contributed by atoms with Gasteiger partial charge in [-0.1, -0.05) is 12.2 Å². The molecule has 1 N–H and O–H groups in total. The molecule has 4 aliphatic carbocycles. The number of benzene rings is 1. The number of aromatic hydroxyl groups is 1. The summed E-state index contributed by atoms with van der Waals surface area (Å²) in [5.41, 5.74) is 0.627. The van der Waals surface area contributed by atoms with Crippen LogP contribution in [-0.2, 0) is 9.59 Å². The first-order chi connectivity index (χ1) is 13.0. The number of phenols is 1. The van der Waals surface area contributed by atoms with Crippen molar-refractivity contribution in [1.82, 2.24) is 5.01 Å². The van der Waals surface area contributed by atoms with Gasteiger partial charge in [0.25, 0.3) is 11.8 Å². The van der Waals surface area contributed by atoms with Gasteiger partial charge in [-0.3, -0.25) is 9.59 Å². The van der Waals surface area contributed by atoms with Crippen molar-refractivity contribution in [3.8, 4) is 11.5 Å². The smallest absolute Gasteiger partial charge is 0.254 e. The van der Waals surface area contributed by atoms with Crippen molar-refractivity contribution in [3.63, 3.8) is 0 Å². The molecule has 3 fully saturated rings. The molecule has 1 aromatic carbocycles. The summed E-state index contributed by atoms with van der Waals surface area (Å²) in [5, 5.41) is 15.3. The molecule has 1 heterocycles. The van der Waals surface area contributed by atoms with Gasteiger partial charge in [0.1, 0.15) is 0 Å². The van der Waals surface area contributed by atoms with Crippen LogP contribution in [0.3, 0.4) is 0 Å². The molecule has 1 aliphatic heterocycles. The van der Waals surface area contributed by atoms with Gasteiger partial charge in [0.05, 0.1) is 29.1 Å². The topological polar surface area (TPSA) is 79.2 Å². The van der Waals surface area contributed by atoms with Crippen molar-refractivity contribution < 1.29 is 19.4 Å². The minimum Gasteiger partial charge on any atom is -0.503 e. The highest BCUT2D eigenvalue weighted by molar-refractivity contribution is 9.10. The van der Waals surface area contributed by atoms with Crippen LogP contribution in [0.25, 0.3) is 0 Å². The number of amides is 2. The Morgan fingerprint density at radius 3 is 2.44 bits per heavy atom. The van der Waals surface area contributed by atoms with E-state index in [4.69, 9.17) is 4.74 Å². The van der Waals surface area contributed by atoms with E-state index in [-0.39, 0.29) is 41.2 Å². The Morgan fingerprint density at radius 2 is 1.85 bits per heavy atom. The first kappa shape index (κ1) is 17.0. The van der Waals surface area contributed by atoms with Gasteiger partial charge in [-0.25, -0.2) is 0 Å². The second-order valence-corrected chi connectivity index (χ2v) is 8.52. The first-order valence-corrected chi connectivity index (χ1v) is 10.1. The van der Waals surface area contributed by atoms with Gasteiger partial charge in [-0.2, -0.15) is 10.1 Å². The Hall–Kier alpha value is -2.15. The van der Waals surface area contributed by atoms with Crippen LogP contribution < -0.4 is 4.74 Å². The number of allylic oxidation sites excluding steroid dienone is 2. The zero-order valence-corrected chi connectivity index (χ0v) is 16.3. The van der Waals surface area contributed by atoms with Gasteiger partial charge in [0, 0.05) is 0 Å². The molecule has 1 saturated heterocycles. The molecule has 140 valence electrons. The van der Waals surface area contributed by atoms with Gasteiger partial charge in [-0.05, 0) is 70.6 Å². The molecule has 6 atom stereocenters. The number of halogens is 1. The monoisotopic (exact) mass is 430 g/mol. The lowest BCUT2D eigenvalue weighted by Crippen LogP contribution is -2.40. The van der Waals surface area contributed by atoms with E-state index in [0.29, 0.717) is 34.2 Å². The van der Waals surface area contributed by atoms with Crippen molar-refractivity contribution in [2.75, 3.05) is 6.61 Å². The summed E-state index contributed by atoms with van der Waals surface area (Å²) < 4.78 is 5.87. The highest BCUT2D eigenvalue weighted by Gasteiger charge is 2.67. The molecular weight excluding hydrogens is 412 g/mol. The molecule has 6 nitrogen and oxygen atoms in total. The maximum atomic E-state index is 12.9. The third kappa shape index (κ3) is 2.40. The fourth-order valence-corrected chi connectivity index (χ4v) is 5.57. The second-order valence-electron chi connectivity index (χ2n) is 7.67. The van der Waals surface area contributed by atoms with Crippen molar-refractivity contribution >= 4 is 34.0 Å². The Balaban J connectivity index is 1.42. The molecule has 5 aliphatic rings. The molecular formula is C20H19BrN2O4. The predicted molar refractivity (Wildman–Crippen MR) is 101 cm³/mol. The fraction of sp³-hybridized carbons (Fsp3) is 0.450. The average Bonchev–Trinajstić information content (AvgIpc) is 3.43. The van der Waals surface area contributed by atoms with Crippen LogP contribution in [0.15, 0.2) is 33.9 Å². The lowest BCUT2D eigenvalue weighted by atomic mass is 9.63. The van der Waals surface area contributed by atoms with E-state index in [1.54, 1.807) is 12.1 Å². The third-order valence-electron chi connectivity index (χ3n) is 6.31. The number of imide groups is 1. The molecule has 0 radical (unpaired) electrons. The summed E-state index contributed by atoms with van der Waals surface area (Å²) >= 11 is 3.28. The van der Waals surface area contributed by atoms with Gasteiger partial charge >= 0.3 is 0 Å². The lowest BCUT2D eigenvalue weighted by Gasteiger charge is -2.37. The number of nitrogens with zero attached hydrogens (tertiary/aromatic N) is 2. The van der Waals surface area contributed by atoms with Crippen LogP contribution >= 0.6 is 15.9 Å². The van der Waals surface area contributed by atoms with Gasteiger partial charge in [0.15, 0.2) is 11.5 Å². The molecule has 0 unspecified atom stereocenters. The molecule has 6 rings (SSSR count). The number of rotatable bonds is 4. The Bertz CT molecular complexity index is 875. The molecule has 2 saturated carbocycles. The van der Waals surface area contributed by atoms with Crippen LogP contribution in [0, 0.1) is 35.5 Å². The Morgan fingerprint density at radius 1 is 1.22 bits per heavy atom. The van der Waals surface area contributed by atoms with E-state index < -0.39 is 0 Å². The maximum absolute atomic E-state index is 12.9. The Kier molecular flexibility index (Phi) is 3.73. The van der Waals surface area contributed by atoms with Gasteiger partial charge in [0.2, 0.25) is 0 Å². The van der Waals surface area contributed by atoms with Gasteiger partial charge < -0.3 is 9.84 Å². The van der Waals surface area contributed by atoms with E-state index in [9.17, 15) is 14.7 Å². The van der Waals surface area contributed by atoms with Crippen LogP contribution in [0.2, 0.25) is 0 Å². The van der Waals surface area contributed by atoms with Crippen molar-refractivity contribution in [3.05, 3.63) is 34.3 Å². The molecule has 0 spiro atoms. The second kappa shape index (κ2) is 5.92. The SMILES string of the molecule is CCOc1cc(/C=N\N2C(=O)[C@@H]3[C@H]4C=C[C@@H]([C@@H]5C[C@H]45)[C@@H]3C2=O)cc(Br)c1O. The number of hydrazone groups is 1. The van der Waals surface area contributed by atoms with Gasteiger partial charge in [-0.15, -0.1) is 0 Å². The summed E-state index contributed by atoms with van der Waals surface area (Å²) in [5.74, 6) is 0.981. The van der Waals surface area contributed by atoms with Crippen LogP contribution in [-0.4, -0.2) is 34.8 Å². The predicted octanol–water partition coefficient (Wildman–Crippen LogP) is 2.94.